The topological polar surface area (TPSA) is 35.4 Å². The van der Waals surface area contributed by atoms with Gasteiger partial charge in [-0.05, 0) is 6.54 Å². The molecule has 1 saturated heterocycles. The zero-order valence-corrected chi connectivity index (χ0v) is 6.47. The predicted octanol–water partition coefficient (Wildman–Crippen LogP) is -0.401. The molecule has 0 amide bonds. The van der Waals surface area contributed by atoms with Crippen LogP contribution in [0.25, 0.3) is 0 Å². The fourth-order valence-corrected chi connectivity index (χ4v) is 1.00. The number of ether oxygens (including phenoxy) is 1. The standard InChI is InChI=1S/C7H15N2O/c1-2-8-5-7-6-9-3-4-10-7/h7-8H,2-6H2,1H3. The van der Waals surface area contributed by atoms with Gasteiger partial charge >= 0.3 is 0 Å². The maximum Gasteiger partial charge on any atom is 0.0840 e. The molecule has 1 fully saturated rings. The van der Waals surface area contributed by atoms with Crippen LogP contribution in [-0.4, -0.2) is 38.9 Å². The van der Waals surface area contributed by atoms with Gasteiger partial charge < -0.3 is 10.1 Å². The van der Waals surface area contributed by atoms with E-state index >= 15 is 0 Å². The Kier molecular flexibility index (Phi) is 3.72. The molecule has 1 radical (unpaired) electrons. The average Bonchev–Trinajstić information content (AvgIpc) is 2.03. The van der Waals surface area contributed by atoms with Crippen LogP contribution in [0.15, 0.2) is 0 Å². The molecule has 1 aliphatic rings. The Bertz CT molecular complexity index is 81.7. The molecule has 0 aromatic rings. The van der Waals surface area contributed by atoms with Gasteiger partial charge in [-0.25, -0.2) is 5.32 Å². The van der Waals surface area contributed by atoms with Gasteiger partial charge in [-0.2, -0.15) is 0 Å². The molecule has 1 unspecified atom stereocenters. The van der Waals surface area contributed by atoms with E-state index in [9.17, 15) is 0 Å². The molecule has 1 N–H and O–H groups in total. The lowest BCUT2D eigenvalue weighted by Crippen LogP contribution is -2.40. The van der Waals surface area contributed by atoms with E-state index in [0.29, 0.717) is 6.10 Å². The second-order valence-corrected chi connectivity index (χ2v) is 2.43. The molecule has 0 saturated carbocycles. The molecular weight excluding hydrogens is 128 g/mol. The molecule has 1 rings (SSSR count). The Balaban J connectivity index is 2.02. The van der Waals surface area contributed by atoms with Crippen LogP contribution >= 0.6 is 0 Å². The SMILES string of the molecule is CCNCC1C[N]CCO1. The first-order chi connectivity index (χ1) is 4.93. The minimum absolute atomic E-state index is 0.327. The van der Waals surface area contributed by atoms with E-state index in [-0.39, 0.29) is 0 Å². The highest BCUT2D eigenvalue weighted by Crippen LogP contribution is 1.94. The molecule has 0 aromatic carbocycles. The minimum atomic E-state index is 0.327. The summed E-state index contributed by atoms with van der Waals surface area (Å²) in [5, 5.41) is 7.48. The summed E-state index contributed by atoms with van der Waals surface area (Å²) < 4.78 is 5.42. The van der Waals surface area contributed by atoms with E-state index in [1.807, 2.05) is 0 Å². The maximum atomic E-state index is 5.42. The Hall–Kier alpha value is -0.120. The first-order valence-corrected chi connectivity index (χ1v) is 3.89. The highest BCUT2D eigenvalue weighted by atomic mass is 16.5. The summed E-state index contributed by atoms with van der Waals surface area (Å²) in [6.45, 7) is 6.60. The van der Waals surface area contributed by atoms with Crippen molar-refractivity contribution >= 4 is 0 Å². The largest absolute Gasteiger partial charge is 0.374 e. The van der Waals surface area contributed by atoms with Crippen LogP contribution < -0.4 is 10.6 Å². The molecule has 1 heterocycles. The van der Waals surface area contributed by atoms with Crippen molar-refractivity contribution in [2.75, 3.05) is 32.8 Å². The summed E-state index contributed by atoms with van der Waals surface area (Å²) in [5.41, 5.74) is 0. The fourth-order valence-electron chi connectivity index (χ4n) is 1.00. The van der Waals surface area contributed by atoms with E-state index in [0.717, 1.165) is 32.8 Å². The molecule has 0 spiro atoms. The van der Waals surface area contributed by atoms with E-state index < -0.39 is 0 Å². The Morgan fingerprint density at radius 2 is 2.60 bits per heavy atom. The molecule has 0 aromatic heterocycles. The first kappa shape index (κ1) is 7.98. The Labute approximate surface area is 62.1 Å². The summed E-state index contributed by atoms with van der Waals surface area (Å²) in [5.74, 6) is 0. The molecule has 0 aliphatic carbocycles. The van der Waals surface area contributed by atoms with E-state index in [1.165, 1.54) is 0 Å². The number of morpholine rings is 1. The number of nitrogens with zero attached hydrogens (tertiary/aromatic N) is 1. The number of hydrogen-bond donors (Lipinski definition) is 1. The van der Waals surface area contributed by atoms with Crippen LogP contribution in [0.2, 0.25) is 0 Å². The predicted molar refractivity (Wildman–Crippen MR) is 40.2 cm³/mol. The third-order valence-corrected chi connectivity index (χ3v) is 1.56. The van der Waals surface area contributed by atoms with Crippen LogP contribution in [0.4, 0.5) is 0 Å². The molecule has 3 nitrogen and oxygen atoms in total. The van der Waals surface area contributed by atoms with Crippen molar-refractivity contribution in [1.29, 1.82) is 0 Å². The lowest BCUT2D eigenvalue weighted by Gasteiger charge is -2.22. The Morgan fingerprint density at radius 1 is 1.70 bits per heavy atom. The third kappa shape index (κ3) is 2.64. The summed E-state index contributed by atoms with van der Waals surface area (Å²) in [6.07, 6.45) is 0.327. The van der Waals surface area contributed by atoms with Gasteiger partial charge in [-0.15, -0.1) is 0 Å². The van der Waals surface area contributed by atoms with Crippen molar-refractivity contribution < 1.29 is 4.74 Å². The monoisotopic (exact) mass is 143 g/mol. The fraction of sp³-hybridized carbons (Fsp3) is 1.00. The summed E-state index contributed by atoms with van der Waals surface area (Å²) in [4.78, 5) is 0. The third-order valence-electron chi connectivity index (χ3n) is 1.56. The van der Waals surface area contributed by atoms with Gasteiger partial charge in [0.1, 0.15) is 0 Å². The maximum absolute atomic E-state index is 5.42. The van der Waals surface area contributed by atoms with Gasteiger partial charge in [-0.1, -0.05) is 6.92 Å². The van der Waals surface area contributed by atoms with Crippen LogP contribution in [0, 0.1) is 0 Å². The van der Waals surface area contributed by atoms with E-state index in [2.05, 4.69) is 17.6 Å². The highest BCUT2D eigenvalue weighted by molar-refractivity contribution is 4.68. The van der Waals surface area contributed by atoms with Gasteiger partial charge in [-0.3, -0.25) is 0 Å². The lowest BCUT2D eigenvalue weighted by atomic mass is 10.3. The summed E-state index contributed by atoms with van der Waals surface area (Å²) in [6, 6.07) is 0. The molecule has 0 bridgehead atoms. The smallest absolute Gasteiger partial charge is 0.0840 e. The molecular formula is C7H15N2O. The van der Waals surface area contributed by atoms with Gasteiger partial charge in [0.15, 0.2) is 0 Å². The number of hydrogen-bond acceptors (Lipinski definition) is 2. The molecule has 1 aliphatic heterocycles. The van der Waals surface area contributed by atoms with Crippen LogP contribution in [0.5, 0.6) is 0 Å². The normalized spacial score (nSPS) is 26.7. The zero-order chi connectivity index (χ0) is 7.23. The van der Waals surface area contributed by atoms with Crippen LogP contribution in [-0.2, 0) is 4.74 Å². The number of nitrogens with one attached hydrogen (secondary N) is 1. The van der Waals surface area contributed by atoms with Crippen molar-refractivity contribution in [3.63, 3.8) is 0 Å². The number of likely N-dealkylation sites (N-methyl/N-ethyl adjacent to an activating group) is 1. The van der Waals surface area contributed by atoms with Crippen molar-refractivity contribution in [3.05, 3.63) is 0 Å². The molecule has 10 heavy (non-hydrogen) atoms. The van der Waals surface area contributed by atoms with Gasteiger partial charge in [0.05, 0.1) is 12.7 Å². The van der Waals surface area contributed by atoms with Crippen molar-refractivity contribution in [1.82, 2.24) is 10.6 Å². The summed E-state index contributed by atoms with van der Waals surface area (Å²) >= 11 is 0. The summed E-state index contributed by atoms with van der Waals surface area (Å²) in [7, 11) is 0. The molecule has 1 atom stereocenters. The first-order valence-electron chi connectivity index (χ1n) is 3.89. The quantitative estimate of drug-likeness (QED) is 0.583. The minimum Gasteiger partial charge on any atom is -0.374 e. The zero-order valence-electron chi connectivity index (χ0n) is 6.47. The van der Waals surface area contributed by atoms with Gasteiger partial charge in [0.25, 0.3) is 0 Å². The van der Waals surface area contributed by atoms with E-state index in [4.69, 9.17) is 4.74 Å². The van der Waals surface area contributed by atoms with E-state index in [1.54, 1.807) is 0 Å². The van der Waals surface area contributed by atoms with Gasteiger partial charge in [0.2, 0.25) is 0 Å². The second kappa shape index (κ2) is 4.66. The lowest BCUT2D eigenvalue weighted by molar-refractivity contribution is 0.0280. The van der Waals surface area contributed by atoms with Crippen LogP contribution in [0.1, 0.15) is 6.92 Å². The van der Waals surface area contributed by atoms with Crippen molar-refractivity contribution in [3.8, 4) is 0 Å². The Morgan fingerprint density at radius 3 is 3.20 bits per heavy atom. The molecule has 59 valence electrons. The van der Waals surface area contributed by atoms with Crippen molar-refractivity contribution in [2.24, 2.45) is 0 Å². The van der Waals surface area contributed by atoms with Crippen LogP contribution in [0.3, 0.4) is 0 Å². The number of rotatable bonds is 3. The van der Waals surface area contributed by atoms with Crippen molar-refractivity contribution in [2.45, 2.75) is 13.0 Å². The van der Waals surface area contributed by atoms with Gasteiger partial charge in [0, 0.05) is 19.6 Å². The average molecular weight is 143 g/mol. The highest BCUT2D eigenvalue weighted by Gasteiger charge is 2.12. The molecule has 3 heteroatoms. The second-order valence-electron chi connectivity index (χ2n) is 2.43.